The number of carbonyl (C=O) groups is 1. The highest BCUT2D eigenvalue weighted by Gasteiger charge is 2.36. The van der Waals surface area contributed by atoms with E-state index < -0.39 is 17.6 Å². The molecule has 3 heterocycles. The second-order valence-corrected chi connectivity index (χ2v) is 7.15. The van der Waals surface area contributed by atoms with Gasteiger partial charge in [0.15, 0.2) is 0 Å². The van der Waals surface area contributed by atoms with Crippen molar-refractivity contribution in [2.45, 2.75) is 25.6 Å². The third-order valence-corrected chi connectivity index (χ3v) is 5.25. The molecule has 6 nitrogen and oxygen atoms in total. The van der Waals surface area contributed by atoms with E-state index in [1.807, 2.05) is 6.92 Å². The molecule has 0 bridgehead atoms. The summed E-state index contributed by atoms with van der Waals surface area (Å²) in [7, 11) is 0. The molecule has 1 aliphatic heterocycles. The second kappa shape index (κ2) is 7.20. The lowest BCUT2D eigenvalue weighted by Gasteiger charge is -2.30. The average Bonchev–Trinajstić information content (AvgIpc) is 3.06. The highest BCUT2D eigenvalue weighted by Crippen LogP contribution is 2.38. The maximum Gasteiger partial charge on any atom is 0.420 e. The summed E-state index contributed by atoms with van der Waals surface area (Å²) in [6.45, 7) is 3.69. The van der Waals surface area contributed by atoms with Gasteiger partial charge in [0.2, 0.25) is 11.9 Å². The van der Waals surface area contributed by atoms with Gasteiger partial charge < -0.3 is 16.4 Å². The molecule has 2 aromatic heterocycles. The fourth-order valence-electron chi connectivity index (χ4n) is 2.83. The van der Waals surface area contributed by atoms with Gasteiger partial charge in [0.1, 0.15) is 5.56 Å². The first-order valence-corrected chi connectivity index (χ1v) is 8.94. The second-order valence-electron chi connectivity index (χ2n) is 6.24. The van der Waals surface area contributed by atoms with Crippen LogP contribution in [-0.2, 0) is 6.18 Å². The fraction of sp³-hybridized carbons (Fsp3) is 0.438. The Labute approximate surface area is 152 Å². The number of amides is 1. The van der Waals surface area contributed by atoms with E-state index >= 15 is 0 Å². The van der Waals surface area contributed by atoms with Crippen LogP contribution >= 0.6 is 11.3 Å². The predicted octanol–water partition coefficient (Wildman–Crippen LogP) is 2.73. The number of aromatic nitrogens is 2. The number of nitrogens with zero attached hydrogens (tertiary/aromatic N) is 2. The van der Waals surface area contributed by atoms with Crippen molar-refractivity contribution in [1.29, 1.82) is 0 Å². The zero-order valence-corrected chi connectivity index (χ0v) is 14.7. The minimum absolute atomic E-state index is 0.0744. The van der Waals surface area contributed by atoms with Gasteiger partial charge in [-0.05, 0) is 31.5 Å². The number of primary amides is 1. The van der Waals surface area contributed by atoms with Crippen LogP contribution in [0.1, 0.15) is 29.3 Å². The summed E-state index contributed by atoms with van der Waals surface area (Å²) in [5, 5.41) is 7.81. The van der Waals surface area contributed by atoms with Crippen LogP contribution in [-0.4, -0.2) is 35.0 Å². The lowest BCUT2D eigenvalue weighted by Crippen LogP contribution is -2.42. The Morgan fingerprint density at radius 1 is 1.46 bits per heavy atom. The average molecular weight is 385 g/mol. The molecule has 1 saturated heterocycles. The van der Waals surface area contributed by atoms with Crippen LogP contribution in [0.3, 0.4) is 0 Å². The van der Waals surface area contributed by atoms with Gasteiger partial charge in [0.25, 0.3) is 0 Å². The molecule has 2 aromatic rings. The molecule has 0 aromatic carbocycles. The standard InChI is InChI=1S/C16H18F3N5OS/c1-8-5-21-3-2-11(8)23-15-22-6-10(16(17,18)19)13(24-15)12-4-9(7-26-12)14(20)25/h4,6-8,11,21H,2-3,5H2,1H3,(H2,20,25)(H,22,23,24). The Kier molecular flexibility index (Phi) is 5.15. The Bertz CT molecular complexity index is 807. The molecule has 0 aliphatic carbocycles. The number of nitrogens with two attached hydrogens (primary N) is 1. The van der Waals surface area contributed by atoms with Crippen molar-refractivity contribution in [2.24, 2.45) is 11.7 Å². The number of carbonyl (C=O) groups excluding carboxylic acids is 1. The summed E-state index contributed by atoms with van der Waals surface area (Å²) in [6.07, 6.45) is -3.00. The van der Waals surface area contributed by atoms with Gasteiger partial charge in [-0.1, -0.05) is 6.92 Å². The lowest BCUT2D eigenvalue weighted by molar-refractivity contribution is -0.137. The number of nitrogens with one attached hydrogen (secondary N) is 2. The summed E-state index contributed by atoms with van der Waals surface area (Å²) >= 11 is 0.988. The van der Waals surface area contributed by atoms with Gasteiger partial charge in [0, 0.05) is 17.6 Å². The summed E-state index contributed by atoms with van der Waals surface area (Å²) in [5.41, 5.74) is 4.14. The summed E-state index contributed by atoms with van der Waals surface area (Å²) in [6, 6.07) is 1.40. The van der Waals surface area contributed by atoms with Gasteiger partial charge >= 0.3 is 6.18 Å². The largest absolute Gasteiger partial charge is 0.420 e. The van der Waals surface area contributed by atoms with Crippen LogP contribution < -0.4 is 16.4 Å². The van der Waals surface area contributed by atoms with Crippen molar-refractivity contribution in [3.63, 3.8) is 0 Å². The molecule has 2 atom stereocenters. The molecule has 140 valence electrons. The molecule has 3 rings (SSSR count). The van der Waals surface area contributed by atoms with Crippen molar-refractivity contribution in [1.82, 2.24) is 15.3 Å². The van der Waals surface area contributed by atoms with Crippen LogP contribution in [0.4, 0.5) is 19.1 Å². The molecule has 0 spiro atoms. The van der Waals surface area contributed by atoms with Crippen molar-refractivity contribution >= 4 is 23.2 Å². The van der Waals surface area contributed by atoms with E-state index in [1.165, 1.54) is 11.4 Å². The number of alkyl halides is 3. The predicted molar refractivity (Wildman–Crippen MR) is 92.9 cm³/mol. The van der Waals surface area contributed by atoms with Crippen LogP contribution in [0.5, 0.6) is 0 Å². The van der Waals surface area contributed by atoms with Gasteiger partial charge in [-0.3, -0.25) is 4.79 Å². The number of hydrogen-bond acceptors (Lipinski definition) is 6. The van der Waals surface area contributed by atoms with Crippen LogP contribution in [0.25, 0.3) is 10.6 Å². The minimum Gasteiger partial charge on any atom is -0.366 e. The maximum atomic E-state index is 13.4. The van der Waals surface area contributed by atoms with Gasteiger partial charge in [-0.25, -0.2) is 9.97 Å². The number of rotatable bonds is 4. The first kappa shape index (κ1) is 18.6. The molecule has 26 heavy (non-hydrogen) atoms. The van der Waals surface area contributed by atoms with Crippen LogP contribution in [0.2, 0.25) is 0 Å². The highest BCUT2D eigenvalue weighted by atomic mass is 32.1. The molecule has 2 unspecified atom stereocenters. The van der Waals surface area contributed by atoms with Crippen molar-refractivity contribution < 1.29 is 18.0 Å². The van der Waals surface area contributed by atoms with Gasteiger partial charge in [-0.2, -0.15) is 13.2 Å². The van der Waals surface area contributed by atoms with Crippen LogP contribution in [0, 0.1) is 5.92 Å². The topological polar surface area (TPSA) is 92.9 Å². The number of thiophene rings is 1. The van der Waals surface area contributed by atoms with Crippen molar-refractivity contribution in [2.75, 3.05) is 18.4 Å². The molecule has 1 aliphatic rings. The fourth-order valence-corrected chi connectivity index (χ4v) is 3.73. The van der Waals surface area contributed by atoms with Gasteiger partial charge in [-0.15, -0.1) is 11.3 Å². The monoisotopic (exact) mass is 385 g/mol. The Hall–Kier alpha value is -2.20. The zero-order chi connectivity index (χ0) is 18.9. The Morgan fingerprint density at radius 2 is 2.23 bits per heavy atom. The summed E-state index contributed by atoms with van der Waals surface area (Å²) in [5.74, 6) is -0.265. The normalized spacial score (nSPS) is 20.8. The van der Waals surface area contributed by atoms with Crippen LogP contribution in [0.15, 0.2) is 17.6 Å². The third kappa shape index (κ3) is 3.96. The smallest absolute Gasteiger partial charge is 0.366 e. The van der Waals surface area contributed by atoms with E-state index in [0.717, 1.165) is 37.0 Å². The zero-order valence-electron chi connectivity index (χ0n) is 13.9. The molecular weight excluding hydrogens is 367 g/mol. The van der Waals surface area contributed by atoms with Crippen molar-refractivity contribution in [3.8, 4) is 10.6 Å². The molecule has 1 amide bonds. The van der Waals surface area contributed by atoms with E-state index in [0.29, 0.717) is 5.92 Å². The summed E-state index contributed by atoms with van der Waals surface area (Å²) in [4.78, 5) is 19.4. The first-order valence-electron chi connectivity index (χ1n) is 8.06. The molecule has 1 fully saturated rings. The molecule has 10 heteroatoms. The summed E-state index contributed by atoms with van der Waals surface area (Å²) < 4.78 is 40.1. The van der Waals surface area contributed by atoms with E-state index in [9.17, 15) is 18.0 Å². The molecular formula is C16H18F3N5OS. The van der Waals surface area contributed by atoms with E-state index in [4.69, 9.17) is 5.73 Å². The minimum atomic E-state index is -4.60. The van der Waals surface area contributed by atoms with E-state index in [1.54, 1.807) is 0 Å². The SMILES string of the molecule is CC1CNCCC1Nc1ncc(C(F)(F)F)c(-c2cc(C(N)=O)cs2)n1. The maximum absolute atomic E-state index is 13.4. The number of piperidine rings is 1. The Balaban J connectivity index is 1.97. The lowest BCUT2D eigenvalue weighted by atomic mass is 9.95. The molecule has 4 N–H and O–H groups in total. The third-order valence-electron chi connectivity index (χ3n) is 4.31. The number of anilines is 1. The molecule has 0 radical (unpaired) electrons. The number of halogens is 3. The first-order chi connectivity index (χ1) is 12.3. The quantitative estimate of drug-likeness (QED) is 0.753. The molecule has 0 saturated carbocycles. The van der Waals surface area contributed by atoms with E-state index in [2.05, 4.69) is 20.6 Å². The highest BCUT2D eigenvalue weighted by molar-refractivity contribution is 7.13. The van der Waals surface area contributed by atoms with E-state index in [-0.39, 0.29) is 28.1 Å². The number of hydrogen-bond donors (Lipinski definition) is 3. The van der Waals surface area contributed by atoms with Gasteiger partial charge in [0.05, 0.1) is 16.1 Å². The van der Waals surface area contributed by atoms with Crippen molar-refractivity contribution in [3.05, 3.63) is 28.8 Å². The Morgan fingerprint density at radius 3 is 2.85 bits per heavy atom.